The van der Waals surface area contributed by atoms with Crippen molar-refractivity contribution in [2.75, 3.05) is 6.61 Å². The van der Waals surface area contributed by atoms with Crippen LogP contribution < -0.4 is 5.32 Å². The molecule has 0 radical (unpaired) electrons. The summed E-state index contributed by atoms with van der Waals surface area (Å²) in [5, 5.41) is 63.4. The fraction of sp³-hybridized carbons (Fsp3) is 0.700. The minimum atomic E-state index is -2.27. The van der Waals surface area contributed by atoms with Gasteiger partial charge >= 0.3 is 18.0 Å². The summed E-state index contributed by atoms with van der Waals surface area (Å²) in [6, 6.07) is 6.89. The van der Waals surface area contributed by atoms with Crippen LogP contribution in [0.4, 0.5) is 4.79 Å². The summed E-state index contributed by atoms with van der Waals surface area (Å²) in [5.41, 5.74) is -7.34. The highest BCUT2D eigenvalue weighted by Crippen LogP contribution is 2.63. The predicted octanol–water partition coefficient (Wildman–Crippen LogP) is 2.51. The van der Waals surface area contributed by atoms with Crippen molar-refractivity contribution in [1.29, 1.82) is 0 Å². The van der Waals surface area contributed by atoms with E-state index in [0.717, 1.165) is 19.3 Å². The van der Waals surface area contributed by atoms with E-state index in [1.54, 1.807) is 52.8 Å². The number of ketones is 1. The molecule has 1 aromatic rings. The highest BCUT2D eigenvalue weighted by Gasteiger charge is 2.76. The van der Waals surface area contributed by atoms with E-state index in [4.69, 9.17) is 18.9 Å². The molecule has 6 N–H and O–H groups in total. The maximum atomic E-state index is 14.7. The van der Waals surface area contributed by atoms with Crippen molar-refractivity contribution < 1.29 is 63.7 Å². The third-order valence-corrected chi connectivity index (χ3v) is 13.2. The number of rotatable bonds is 8. The number of carbonyl (C=O) groups is 4. The molecule has 1 heterocycles. The number of nitrogens with one attached hydrogen (secondary N) is 1. The Hall–Kier alpha value is -3.40. The van der Waals surface area contributed by atoms with Crippen LogP contribution in [-0.2, 0) is 28.5 Å². The molecule has 298 valence electrons. The van der Waals surface area contributed by atoms with E-state index in [1.165, 1.54) is 19.1 Å². The maximum absolute atomic E-state index is 14.7. The van der Waals surface area contributed by atoms with Gasteiger partial charge in [-0.25, -0.2) is 14.4 Å². The molecule has 3 saturated carbocycles. The Morgan fingerprint density at radius 3 is 2.22 bits per heavy atom. The number of amides is 1. The smallest absolute Gasteiger partial charge is 0.407 e. The number of hydrogen-bond donors (Lipinski definition) is 6. The Bertz CT molecular complexity index is 1660. The molecule has 54 heavy (non-hydrogen) atoms. The van der Waals surface area contributed by atoms with E-state index >= 15 is 0 Å². The van der Waals surface area contributed by atoms with Gasteiger partial charge in [-0.15, -0.1) is 0 Å². The Kier molecular flexibility index (Phi) is 10.9. The van der Waals surface area contributed by atoms with Gasteiger partial charge in [-0.1, -0.05) is 51.3 Å². The second-order valence-corrected chi connectivity index (χ2v) is 17.0. The Labute approximate surface area is 315 Å². The Morgan fingerprint density at radius 1 is 0.981 bits per heavy atom. The predicted molar refractivity (Wildman–Crippen MR) is 191 cm³/mol. The van der Waals surface area contributed by atoms with E-state index in [-0.39, 0.29) is 35.7 Å². The summed E-state index contributed by atoms with van der Waals surface area (Å²) in [7, 11) is 0. The monoisotopic (exact) mass is 757 g/mol. The first kappa shape index (κ1) is 40.3. The van der Waals surface area contributed by atoms with Crippen molar-refractivity contribution >= 4 is 23.8 Å². The quantitative estimate of drug-likeness (QED) is 0.128. The molecule has 0 spiro atoms. The first-order chi connectivity index (χ1) is 25.3. The van der Waals surface area contributed by atoms with Crippen LogP contribution in [0.15, 0.2) is 41.5 Å². The molecule has 2 bridgehead atoms. The van der Waals surface area contributed by atoms with Crippen molar-refractivity contribution in [2.45, 2.75) is 146 Å². The first-order valence-electron chi connectivity index (χ1n) is 19.1. The summed E-state index contributed by atoms with van der Waals surface area (Å²) in [4.78, 5) is 55.3. The van der Waals surface area contributed by atoms with Crippen LogP contribution in [0, 0.1) is 22.7 Å². The molecule has 5 aliphatic rings. The SMILES string of the molecule is CC1=C2[C@@H](O)C(=O)[C@@]3(C)[C@H]([C@H](OC(=O)c4ccccc4)[C@](O)(CC1OC(=O)[C@H](O)[C@@H](NC(=O)OC(C)C)C1CCCCC1)C2(C)C)[C@]1(O)CO[C@@H]1C[C@@H]3O. The molecular weight excluding hydrogens is 702 g/mol. The summed E-state index contributed by atoms with van der Waals surface area (Å²) >= 11 is 0. The fourth-order valence-electron chi connectivity index (χ4n) is 10.1. The second-order valence-electron chi connectivity index (χ2n) is 17.0. The summed E-state index contributed by atoms with van der Waals surface area (Å²) in [5.74, 6) is -4.65. The van der Waals surface area contributed by atoms with Crippen molar-refractivity contribution in [3.05, 3.63) is 47.0 Å². The lowest BCUT2D eigenvalue weighted by atomic mass is 9.44. The third kappa shape index (κ3) is 6.46. The van der Waals surface area contributed by atoms with E-state index in [0.29, 0.717) is 12.8 Å². The highest BCUT2D eigenvalue weighted by atomic mass is 16.6. The van der Waals surface area contributed by atoms with Crippen LogP contribution in [0.1, 0.15) is 96.8 Å². The zero-order valence-corrected chi connectivity index (χ0v) is 31.8. The van der Waals surface area contributed by atoms with Gasteiger partial charge in [0.25, 0.3) is 0 Å². The standard InChI is InChI=1S/C40H55NO13/c1-20(2)52-36(48)41-28(22-13-9-7-10-14-22)30(44)35(47)53-24-18-40(50)33(54-34(46)23-15-11-8-12-16-23)31-38(6,25(42)17-26-39(31,49)19-51-26)32(45)29(43)27(21(24)3)37(40,4)5/h8,11-12,15-16,20,22,24-26,28-31,33,42-44,49-50H,7,9-10,13-14,17-19H2,1-6H3,(H,41,48)/t24?,25-,26+,28-,29+,30+,31-,33-,38+,39-,40+/m0/s1. The highest BCUT2D eigenvalue weighted by molar-refractivity contribution is 5.94. The van der Waals surface area contributed by atoms with Crippen LogP contribution in [-0.4, -0.2) is 116 Å². The molecule has 14 nitrogen and oxygen atoms in total. The van der Waals surface area contributed by atoms with Gasteiger partial charge in [-0.2, -0.15) is 0 Å². The summed E-state index contributed by atoms with van der Waals surface area (Å²) < 4.78 is 23.1. The minimum absolute atomic E-state index is 0.0115. The maximum Gasteiger partial charge on any atom is 0.407 e. The molecule has 4 fully saturated rings. The normalized spacial score (nSPS) is 37.4. The lowest BCUT2D eigenvalue weighted by Gasteiger charge is -2.66. The molecule has 14 heteroatoms. The number of alkyl carbamates (subject to hydrolysis) is 1. The number of fused-ring (bicyclic) bond motifs is 5. The van der Waals surface area contributed by atoms with Gasteiger partial charge in [0.2, 0.25) is 0 Å². The molecule has 1 aromatic carbocycles. The second kappa shape index (κ2) is 14.6. The molecule has 0 aromatic heterocycles. The van der Waals surface area contributed by atoms with Gasteiger partial charge in [0.1, 0.15) is 29.5 Å². The Morgan fingerprint density at radius 2 is 1.63 bits per heavy atom. The molecule has 11 atom stereocenters. The van der Waals surface area contributed by atoms with Gasteiger partial charge in [-0.05, 0) is 69.7 Å². The van der Waals surface area contributed by atoms with Gasteiger partial charge in [0, 0.05) is 24.2 Å². The zero-order valence-electron chi connectivity index (χ0n) is 31.8. The van der Waals surface area contributed by atoms with Crippen molar-refractivity contribution in [3.8, 4) is 0 Å². The van der Waals surface area contributed by atoms with Gasteiger partial charge < -0.3 is 49.8 Å². The number of aliphatic hydroxyl groups excluding tert-OH is 3. The largest absolute Gasteiger partial charge is 0.456 e. The summed E-state index contributed by atoms with van der Waals surface area (Å²) in [6.07, 6.45) is -7.32. The van der Waals surface area contributed by atoms with Crippen LogP contribution in [0.25, 0.3) is 0 Å². The number of benzene rings is 1. The minimum Gasteiger partial charge on any atom is -0.456 e. The van der Waals surface area contributed by atoms with Gasteiger partial charge in [0.05, 0.1) is 41.9 Å². The number of carbonyl (C=O) groups excluding carboxylic acids is 4. The van der Waals surface area contributed by atoms with E-state index in [1.807, 2.05) is 0 Å². The lowest BCUT2D eigenvalue weighted by molar-refractivity contribution is -0.343. The average molecular weight is 758 g/mol. The van der Waals surface area contributed by atoms with E-state index in [9.17, 15) is 44.7 Å². The zero-order chi connectivity index (χ0) is 39.5. The molecule has 4 aliphatic carbocycles. The number of Topliss-reactive ketones (excluding diaryl/α,β-unsaturated/α-hetero) is 1. The summed E-state index contributed by atoms with van der Waals surface area (Å²) in [6.45, 7) is 9.12. The number of aliphatic hydroxyl groups is 5. The van der Waals surface area contributed by atoms with E-state index in [2.05, 4.69) is 5.32 Å². The lowest BCUT2D eigenvalue weighted by Crippen LogP contribution is -2.81. The van der Waals surface area contributed by atoms with Crippen LogP contribution in [0.5, 0.6) is 0 Å². The fourth-order valence-corrected chi connectivity index (χ4v) is 10.1. The van der Waals surface area contributed by atoms with Crippen LogP contribution in [0.3, 0.4) is 0 Å². The topological polar surface area (TPSA) is 218 Å². The molecular formula is C40H55NO13. The first-order valence-corrected chi connectivity index (χ1v) is 19.1. The number of esters is 2. The van der Waals surface area contributed by atoms with Crippen molar-refractivity contribution in [1.82, 2.24) is 5.32 Å². The Balaban J connectivity index is 1.44. The number of hydrogen-bond acceptors (Lipinski definition) is 13. The van der Waals surface area contributed by atoms with Crippen molar-refractivity contribution in [2.24, 2.45) is 22.7 Å². The van der Waals surface area contributed by atoms with Crippen LogP contribution in [0.2, 0.25) is 0 Å². The van der Waals surface area contributed by atoms with Crippen LogP contribution >= 0.6 is 0 Å². The molecule has 1 aliphatic heterocycles. The molecule has 6 rings (SSSR count). The third-order valence-electron chi connectivity index (χ3n) is 13.2. The molecule has 1 unspecified atom stereocenters. The van der Waals surface area contributed by atoms with Gasteiger partial charge in [0.15, 0.2) is 11.9 Å². The molecule has 1 amide bonds. The van der Waals surface area contributed by atoms with E-state index < -0.39 is 107 Å². The van der Waals surface area contributed by atoms with Crippen molar-refractivity contribution in [3.63, 3.8) is 0 Å². The number of ether oxygens (including phenoxy) is 4. The van der Waals surface area contributed by atoms with Gasteiger partial charge in [-0.3, -0.25) is 4.79 Å². The molecule has 1 saturated heterocycles. The average Bonchev–Trinajstić information content (AvgIpc) is 3.12.